The first-order valence-corrected chi connectivity index (χ1v) is 7.00. The molecule has 0 bridgehead atoms. The van der Waals surface area contributed by atoms with Gasteiger partial charge in [-0.15, -0.1) is 0 Å². The van der Waals surface area contributed by atoms with Gasteiger partial charge in [-0.1, -0.05) is 11.6 Å². The third-order valence-corrected chi connectivity index (χ3v) is 3.14. The van der Waals surface area contributed by atoms with Gasteiger partial charge in [-0.2, -0.15) is 0 Å². The van der Waals surface area contributed by atoms with Gasteiger partial charge in [-0.3, -0.25) is 4.79 Å². The summed E-state index contributed by atoms with van der Waals surface area (Å²) in [6, 6.07) is 8.79. The Morgan fingerprint density at radius 1 is 1.23 bits per heavy atom. The topological polar surface area (TPSA) is 47.6 Å². The molecule has 1 amide bonds. The maximum atomic E-state index is 13.7. The average molecular weight is 324 g/mol. The van der Waals surface area contributed by atoms with Crippen molar-refractivity contribution in [3.8, 4) is 11.5 Å². The van der Waals surface area contributed by atoms with Gasteiger partial charge in [0.15, 0.2) is 11.5 Å². The van der Waals surface area contributed by atoms with Crippen molar-refractivity contribution in [3.63, 3.8) is 0 Å². The summed E-state index contributed by atoms with van der Waals surface area (Å²) in [5.74, 6) is -0.0772. The molecule has 0 aliphatic carbocycles. The molecule has 0 saturated carbocycles. The molecule has 0 radical (unpaired) electrons. The number of halogens is 2. The van der Waals surface area contributed by atoms with Crippen LogP contribution in [0.25, 0.3) is 0 Å². The summed E-state index contributed by atoms with van der Waals surface area (Å²) in [7, 11) is 1.48. The quantitative estimate of drug-likeness (QED) is 0.899. The predicted octanol–water partition coefficient (Wildman–Crippen LogP) is 4.14. The fraction of sp³-hybridized carbons (Fsp3) is 0.188. The number of rotatable bonds is 5. The summed E-state index contributed by atoms with van der Waals surface area (Å²) in [6.45, 7) is 2.33. The Hall–Kier alpha value is -2.27. The lowest BCUT2D eigenvalue weighted by atomic mass is 10.1. The van der Waals surface area contributed by atoms with Crippen molar-refractivity contribution in [2.24, 2.45) is 0 Å². The van der Waals surface area contributed by atoms with Crippen molar-refractivity contribution in [1.82, 2.24) is 0 Å². The zero-order valence-corrected chi connectivity index (χ0v) is 12.9. The highest BCUT2D eigenvalue weighted by molar-refractivity contribution is 6.30. The molecule has 2 aromatic carbocycles. The number of ether oxygens (including phenoxy) is 2. The van der Waals surface area contributed by atoms with Gasteiger partial charge in [-0.25, -0.2) is 4.39 Å². The molecular weight excluding hydrogens is 309 g/mol. The first-order valence-electron chi connectivity index (χ1n) is 6.62. The van der Waals surface area contributed by atoms with Crippen LogP contribution in [0.3, 0.4) is 0 Å². The van der Waals surface area contributed by atoms with E-state index in [2.05, 4.69) is 5.32 Å². The summed E-state index contributed by atoms with van der Waals surface area (Å²) < 4.78 is 24.3. The second-order valence-corrected chi connectivity index (χ2v) is 4.81. The lowest BCUT2D eigenvalue weighted by Gasteiger charge is -2.11. The fourth-order valence-electron chi connectivity index (χ4n) is 1.87. The number of carbonyl (C=O) groups excluding carboxylic acids is 1. The molecule has 1 N–H and O–H groups in total. The number of nitrogens with one attached hydrogen (secondary N) is 1. The highest BCUT2D eigenvalue weighted by atomic mass is 35.5. The first-order chi connectivity index (χ1) is 10.5. The van der Waals surface area contributed by atoms with Gasteiger partial charge in [0.2, 0.25) is 0 Å². The molecule has 4 nitrogen and oxygen atoms in total. The van der Waals surface area contributed by atoms with E-state index < -0.39 is 11.7 Å². The maximum Gasteiger partial charge on any atom is 0.255 e. The number of hydrogen-bond donors (Lipinski definition) is 1. The van der Waals surface area contributed by atoms with Crippen molar-refractivity contribution < 1.29 is 18.7 Å². The van der Waals surface area contributed by atoms with E-state index in [1.165, 1.54) is 25.3 Å². The van der Waals surface area contributed by atoms with Crippen LogP contribution in [0.5, 0.6) is 11.5 Å². The van der Waals surface area contributed by atoms with Crippen molar-refractivity contribution in [1.29, 1.82) is 0 Å². The smallest absolute Gasteiger partial charge is 0.255 e. The third-order valence-electron chi connectivity index (χ3n) is 2.90. The minimum Gasteiger partial charge on any atom is -0.493 e. The maximum absolute atomic E-state index is 13.7. The molecular formula is C16H15ClFNO3. The second kappa shape index (κ2) is 7.13. The van der Waals surface area contributed by atoms with Crippen molar-refractivity contribution in [2.75, 3.05) is 19.0 Å². The zero-order chi connectivity index (χ0) is 16.1. The van der Waals surface area contributed by atoms with Gasteiger partial charge in [0.05, 0.1) is 19.4 Å². The lowest BCUT2D eigenvalue weighted by Crippen LogP contribution is -2.13. The predicted molar refractivity (Wildman–Crippen MR) is 83.5 cm³/mol. The molecule has 0 fully saturated rings. The van der Waals surface area contributed by atoms with E-state index in [-0.39, 0.29) is 10.7 Å². The normalized spacial score (nSPS) is 10.2. The molecule has 116 valence electrons. The molecule has 0 aliphatic rings. The molecule has 0 saturated heterocycles. The van der Waals surface area contributed by atoms with Gasteiger partial charge in [-0.05, 0) is 43.3 Å². The van der Waals surface area contributed by atoms with Crippen LogP contribution in [0.15, 0.2) is 36.4 Å². The molecule has 2 aromatic rings. The minimum absolute atomic E-state index is 0.0576. The standard InChI is InChI=1S/C16H15ClFNO3/c1-3-22-14-7-4-10(8-15(14)21-2)16(20)19-13-6-5-11(17)9-12(13)18/h4-9H,3H2,1-2H3,(H,19,20). The fourth-order valence-corrected chi connectivity index (χ4v) is 2.03. The molecule has 0 atom stereocenters. The van der Waals surface area contributed by atoms with E-state index >= 15 is 0 Å². The van der Waals surface area contributed by atoms with Gasteiger partial charge < -0.3 is 14.8 Å². The number of hydrogen-bond acceptors (Lipinski definition) is 3. The highest BCUT2D eigenvalue weighted by Gasteiger charge is 2.13. The zero-order valence-electron chi connectivity index (χ0n) is 12.2. The number of anilines is 1. The Balaban J connectivity index is 2.22. The SMILES string of the molecule is CCOc1ccc(C(=O)Nc2ccc(Cl)cc2F)cc1OC. The summed E-state index contributed by atoms with van der Waals surface area (Å²) >= 11 is 5.67. The van der Waals surface area contributed by atoms with E-state index in [4.69, 9.17) is 21.1 Å². The van der Waals surface area contributed by atoms with Crippen LogP contribution in [0.4, 0.5) is 10.1 Å². The van der Waals surface area contributed by atoms with E-state index in [1.807, 2.05) is 6.92 Å². The minimum atomic E-state index is -0.598. The number of carbonyl (C=O) groups is 1. The van der Waals surface area contributed by atoms with Crippen molar-refractivity contribution >= 4 is 23.2 Å². The van der Waals surface area contributed by atoms with E-state index in [0.29, 0.717) is 23.7 Å². The first kappa shape index (κ1) is 16.1. The average Bonchev–Trinajstić information content (AvgIpc) is 2.50. The van der Waals surface area contributed by atoms with Crippen LogP contribution >= 0.6 is 11.6 Å². The Labute approximate surface area is 132 Å². The van der Waals surface area contributed by atoms with Gasteiger partial charge in [0, 0.05) is 10.6 Å². The van der Waals surface area contributed by atoms with Gasteiger partial charge in [0.1, 0.15) is 5.82 Å². The molecule has 0 unspecified atom stereocenters. The van der Waals surface area contributed by atoms with Crippen LogP contribution in [-0.4, -0.2) is 19.6 Å². The molecule has 0 heterocycles. The molecule has 0 aromatic heterocycles. The van der Waals surface area contributed by atoms with Crippen molar-refractivity contribution in [2.45, 2.75) is 6.92 Å². The van der Waals surface area contributed by atoms with E-state index in [0.717, 1.165) is 6.07 Å². The van der Waals surface area contributed by atoms with Crippen LogP contribution in [0.1, 0.15) is 17.3 Å². The lowest BCUT2D eigenvalue weighted by molar-refractivity contribution is 0.102. The summed E-state index contributed by atoms with van der Waals surface area (Å²) in [5.41, 5.74) is 0.386. The molecule has 2 rings (SSSR count). The van der Waals surface area contributed by atoms with Crippen LogP contribution in [-0.2, 0) is 0 Å². The Morgan fingerprint density at radius 3 is 2.64 bits per heavy atom. The van der Waals surface area contributed by atoms with Crippen molar-refractivity contribution in [3.05, 3.63) is 52.8 Å². The third kappa shape index (κ3) is 3.68. The Bertz CT molecular complexity index is 691. The largest absolute Gasteiger partial charge is 0.493 e. The van der Waals surface area contributed by atoms with Crippen LogP contribution in [0.2, 0.25) is 5.02 Å². The second-order valence-electron chi connectivity index (χ2n) is 4.38. The molecule has 0 spiro atoms. The monoisotopic (exact) mass is 323 g/mol. The Kier molecular flexibility index (Phi) is 5.22. The van der Waals surface area contributed by atoms with Gasteiger partial charge >= 0.3 is 0 Å². The summed E-state index contributed by atoms with van der Waals surface area (Å²) in [5, 5.41) is 2.75. The summed E-state index contributed by atoms with van der Waals surface area (Å²) in [6.07, 6.45) is 0. The van der Waals surface area contributed by atoms with E-state index in [1.54, 1.807) is 12.1 Å². The summed E-state index contributed by atoms with van der Waals surface area (Å²) in [4.78, 5) is 12.2. The Morgan fingerprint density at radius 2 is 2.00 bits per heavy atom. The van der Waals surface area contributed by atoms with E-state index in [9.17, 15) is 9.18 Å². The highest BCUT2D eigenvalue weighted by Crippen LogP contribution is 2.28. The van der Waals surface area contributed by atoms with Crippen LogP contribution < -0.4 is 14.8 Å². The number of methoxy groups -OCH3 is 1. The van der Waals surface area contributed by atoms with Crippen LogP contribution in [0, 0.1) is 5.82 Å². The number of benzene rings is 2. The molecule has 6 heteroatoms. The molecule has 0 aliphatic heterocycles. The number of amides is 1. The van der Waals surface area contributed by atoms with Gasteiger partial charge in [0.25, 0.3) is 5.91 Å². The molecule has 22 heavy (non-hydrogen) atoms.